The Morgan fingerprint density at radius 1 is 1.04 bits per heavy atom. The van der Waals surface area contributed by atoms with Gasteiger partial charge >= 0.3 is 0 Å². The molecule has 26 heavy (non-hydrogen) atoms. The van der Waals surface area contributed by atoms with Gasteiger partial charge in [0.2, 0.25) is 5.95 Å². The number of halogens is 1. The minimum Gasteiger partial charge on any atom is -0.348 e. The van der Waals surface area contributed by atoms with Gasteiger partial charge in [0.1, 0.15) is 0 Å². The Morgan fingerprint density at radius 3 is 2.38 bits per heavy atom. The van der Waals surface area contributed by atoms with Crippen LogP contribution >= 0.6 is 11.6 Å². The summed E-state index contributed by atoms with van der Waals surface area (Å²) in [6.45, 7) is 4.42. The van der Waals surface area contributed by atoms with Crippen molar-refractivity contribution < 1.29 is 4.79 Å². The van der Waals surface area contributed by atoms with E-state index in [9.17, 15) is 4.79 Å². The molecule has 1 amide bonds. The lowest BCUT2D eigenvalue weighted by atomic mass is 10.1. The summed E-state index contributed by atoms with van der Waals surface area (Å²) in [7, 11) is 0. The zero-order valence-corrected chi connectivity index (χ0v) is 15.3. The van der Waals surface area contributed by atoms with E-state index < -0.39 is 0 Å². The molecule has 0 saturated heterocycles. The normalized spacial score (nSPS) is 10.4. The molecule has 0 saturated carbocycles. The first-order chi connectivity index (χ1) is 12.5. The molecule has 1 heterocycles. The molecular weight excluding hydrogens is 348 g/mol. The largest absolute Gasteiger partial charge is 0.348 e. The van der Waals surface area contributed by atoms with Crippen LogP contribution in [0.25, 0.3) is 0 Å². The number of hydrogen-bond donors (Lipinski definition) is 2. The van der Waals surface area contributed by atoms with Gasteiger partial charge in [-0.2, -0.15) is 0 Å². The molecule has 132 valence electrons. The quantitative estimate of drug-likeness (QED) is 0.701. The number of benzene rings is 2. The Kier molecular flexibility index (Phi) is 5.49. The van der Waals surface area contributed by atoms with E-state index in [1.807, 2.05) is 56.3 Å². The van der Waals surface area contributed by atoms with E-state index in [0.29, 0.717) is 23.1 Å². The first kappa shape index (κ1) is 17.9. The van der Waals surface area contributed by atoms with Crippen LogP contribution in [-0.2, 0) is 6.54 Å². The molecule has 0 unspecified atom stereocenters. The van der Waals surface area contributed by atoms with Crippen molar-refractivity contribution in [1.29, 1.82) is 0 Å². The second-order valence-corrected chi connectivity index (χ2v) is 6.46. The van der Waals surface area contributed by atoms with Gasteiger partial charge in [0.15, 0.2) is 0 Å². The van der Waals surface area contributed by atoms with Crippen LogP contribution in [0.15, 0.2) is 54.9 Å². The molecule has 0 radical (unpaired) electrons. The number of hydrogen-bond acceptors (Lipinski definition) is 4. The fourth-order valence-corrected chi connectivity index (χ4v) is 2.48. The maximum absolute atomic E-state index is 12.2. The zero-order chi connectivity index (χ0) is 18.5. The van der Waals surface area contributed by atoms with Gasteiger partial charge in [-0.05, 0) is 37.1 Å². The smallest absolute Gasteiger partial charge is 0.254 e. The molecule has 6 heteroatoms. The first-order valence-electron chi connectivity index (χ1n) is 8.20. The molecule has 1 aromatic heterocycles. The third-order valence-electron chi connectivity index (χ3n) is 3.92. The number of nitrogens with zero attached hydrogens (tertiary/aromatic N) is 2. The molecule has 5 nitrogen and oxygen atoms in total. The van der Waals surface area contributed by atoms with Gasteiger partial charge in [-0.1, -0.05) is 47.5 Å². The number of amides is 1. The number of carbonyl (C=O) groups is 1. The van der Waals surface area contributed by atoms with E-state index in [0.717, 1.165) is 16.8 Å². The van der Waals surface area contributed by atoms with Crippen LogP contribution in [0.3, 0.4) is 0 Å². The summed E-state index contributed by atoms with van der Waals surface area (Å²) in [6, 6.07) is 13.6. The van der Waals surface area contributed by atoms with Crippen molar-refractivity contribution in [3.05, 3.63) is 82.1 Å². The van der Waals surface area contributed by atoms with E-state index in [1.165, 1.54) is 18.0 Å². The van der Waals surface area contributed by atoms with Crippen LogP contribution in [0.1, 0.15) is 27.0 Å². The van der Waals surface area contributed by atoms with Crippen molar-refractivity contribution in [2.24, 2.45) is 0 Å². The standard InChI is InChI=1S/C20H19ClN4O/c1-13-3-6-15(7-4-13)10-22-19(26)16-11-23-20(24-12-16)25-17-8-5-14(2)18(21)9-17/h3-9,11-12H,10H2,1-2H3,(H,22,26)(H,23,24,25). The summed E-state index contributed by atoms with van der Waals surface area (Å²) in [5.41, 5.74) is 4.42. The van der Waals surface area contributed by atoms with Crippen molar-refractivity contribution in [1.82, 2.24) is 15.3 Å². The average molecular weight is 367 g/mol. The molecule has 2 aromatic carbocycles. The van der Waals surface area contributed by atoms with E-state index in [4.69, 9.17) is 11.6 Å². The predicted molar refractivity (Wildman–Crippen MR) is 104 cm³/mol. The molecule has 0 aliphatic rings. The van der Waals surface area contributed by atoms with Crippen LogP contribution in [0.4, 0.5) is 11.6 Å². The Morgan fingerprint density at radius 2 is 1.73 bits per heavy atom. The minimum absolute atomic E-state index is 0.212. The molecule has 0 atom stereocenters. The van der Waals surface area contributed by atoms with Gasteiger partial charge in [0, 0.05) is 29.6 Å². The van der Waals surface area contributed by atoms with Crippen LogP contribution in [0.2, 0.25) is 5.02 Å². The Balaban J connectivity index is 1.60. The Bertz CT molecular complexity index is 908. The maximum Gasteiger partial charge on any atom is 0.254 e. The van der Waals surface area contributed by atoms with Gasteiger partial charge in [-0.3, -0.25) is 4.79 Å². The van der Waals surface area contributed by atoms with Crippen molar-refractivity contribution in [3.8, 4) is 0 Å². The second kappa shape index (κ2) is 7.97. The summed E-state index contributed by atoms with van der Waals surface area (Å²) in [6.07, 6.45) is 2.99. The molecule has 0 aliphatic carbocycles. The number of aryl methyl sites for hydroxylation is 2. The van der Waals surface area contributed by atoms with Gasteiger partial charge in [0.05, 0.1) is 5.56 Å². The summed E-state index contributed by atoms with van der Waals surface area (Å²) < 4.78 is 0. The monoisotopic (exact) mass is 366 g/mol. The van der Waals surface area contributed by atoms with E-state index in [2.05, 4.69) is 20.6 Å². The highest BCUT2D eigenvalue weighted by Gasteiger charge is 2.07. The summed E-state index contributed by atoms with van der Waals surface area (Å²) >= 11 is 6.11. The first-order valence-corrected chi connectivity index (χ1v) is 8.58. The molecule has 0 fully saturated rings. The third-order valence-corrected chi connectivity index (χ3v) is 4.32. The van der Waals surface area contributed by atoms with Crippen LogP contribution in [-0.4, -0.2) is 15.9 Å². The van der Waals surface area contributed by atoms with Gasteiger partial charge in [-0.25, -0.2) is 9.97 Å². The van der Waals surface area contributed by atoms with Crippen LogP contribution < -0.4 is 10.6 Å². The third kappa shape index (κ3) is 4.58. The van der Waals surface area contributed by atoms with Crippen molar-refractivity contribution in [3.63, 3.8) is 0 Å². The highest BCUT2D eigenvalue weighted by atomic mass is 35.5. The van der Waals surface area contributed by atoms with Crippen LogP contribution in [0.5, 0.6) is 0 Å². The van der Waals surface area contributed by atoms with E-state index in [-0.39, 0.29) is 5.91 Å². The minimum atomic E-state index is -0.212. The number of anilines is 2. The number of carbonyl (C=O) groups excluding carboxylic acids is 1. The average Bonchev–Trinajstić information content (AvgIpc) is 2.65. The van der Waals surface area contributed by atoms with Crippen molar-refractivity contribution in [2.45, 2.75) is 20.4 Å². The highest BCUT2D eigenvalue weighted by Crippen LogP contribution is 2.21. The fraction of sp³-hybridized carbons (Fsp3) is 0.150. The van der Waals surface area contributed by atoms with E-state index in [1.54, 1.807) is 0 Å². The molecule has 3 rings (SSSR count). The Hall–Kier alpha value is -2.92. The van der Waals surface area contributed by atoms with Crippen LogP contribution in [0, 0.1) is 13.8 Å². The number of rotatable bonds is 5. The molecule has 3 aromatic rings. The Labute approximate surface area is 157 Å². The number of nitrogens with one attached hydrogen (secondary N) is 2. The molecular formula is C20H19ClN4O. The molecule has 2 N–H and O–H groups in total. The van der Waals surface area contributed by atoms with Crippen molar-refractivity contribution >= 4 is 29.1 Å². The zero-order valence-electron chi connectivity index (χ0n) is 14.6. The van der Waals surface area contributed by atoms with Gasteiger partial charge in [-0.15, -0.1) is 0 Å². The topological polar surface area (TPSA) is 66.9 Å². The summed E-state index contributed by atoms with van der Waals surface area (Å²) in [5.74, 6) is 0.190. The lowest BCUT2D eigenvalue weighted by molar-refractivity contribution is 0.0950. The lowest BCUT2D eigenvalue weighted by Crippen LogP contribution is -2.23. The highest BCUT2D eigenvalue weighted by molar-refractivity contribution is 6.31. The summed E-state index contributed by atoms with van der Waals surface area (Å²) in [5, 5.41) is 6.59. The number of aromatic nitrogens is 2. The fourth-order valence-electron chi connectivity index (χ4n) is 2.30. The van der Waals surface area contributed by atoms with Crippen molar-refractivity contribution in [2.75, 3.05) is 5.32 Å². The molecule has 0 spiro atoms. The molecule has 0 aliphatic heterocycles. The lowest BCUT2D eigenvalue weighted by Gasteiger charge is -2.08. The van der Waals surface area contributed by atoms with E-state index >= 15 is 0 Å². The SMILES string of the molecule is Cc1ccc(CNC(=O)c2cnc(Nc3ccc(C)c(Cl)c3)nc2)cc1. The second-order valence-electron chi connectivity index (χ2n) is 6.05. The molecule has 0 bridgehead atoms. The van der Waals surface area contributed by atoms with Gasteiger partial charge < -0.3 is 10.6 Å². The predicted octanol–water partition coefficient (Wildman–Crippen LogP) is 4.42. The summed E-state index contributed by atoms with van der Waals surface area (Å²) in [4.78, 5) is 20.6. The maximum atomic E-state index is 12.2. The van der Waals surface area contributed by atoms with Gasteiger partial charge in [0.25, 0.3) is 5.91 Å².